The number of furan rings is 1. The number of rotatable bonds is 8. The van der Waals surface area contributed by atoms with E-state index in [-0.39, 0.29) is 29.7 Å². The third kappa shape index (κ3) is 5.68. The van der Waals surface area contributed by atoms with Crippen molar-refractivity contribution in [2.45, 2.75) is 31.3 Å². The molecule has 1 atom stereocenters. The first kappa shape index (κ1) is 22.8. The molecular weight excluding hydrogens is 442 g/mol. The second-order valence-corrected chi connectivity index (χ2v) is 9.85. The second-order valence-electron chi connectivity index (χ2n) is 8.08. The summed E-state index contributed by atoms with van der Waals surface area (Å²) in [4.78, 5) is 26.8. The lowest BCUT2D eigenvalue weighted by molar-refractivity contribution is -0.128. The van der Waals surface area contributed by atoms with Crippen molar-refractivity contribution in [1.82, 2.24) is 9.62 Å². The zero-order valence-corrected chi connectivity index (χ0v) is 19.0. The SMILES string of the molecule is Cc1ccc(CN2CC(C(=O)Nc3ccc(S(=O)(=O)NCc4ccco4)cc3)CC2=O)cc1. The first-order chi connectivity index (χ1) is 15.8. The van der Waals surface area contributed by atoms with Gasteiger partial charge in [0, 0.05) is 25.2 Å². The predicted molar refractivity (Wildman–Crippen MR) is 123 cm³/mol. The highest BCUT2D eigenvalue weighted by molar-refractivity contribution is 7.89. The average Bonchev–Trinajstić information content (AvgIpc) is 3.44. The summed E-state index contributed by atoms with van der Waals surface area (Å²) < 4.78 is 32.4. The van der Waals surface area contributed by atoms with Crippen LogP contribution < -0.4 is 10.0 Å². The molecule has 33 heavy (non-hydrogen) atoms. The molecule has 0 radical (unpaired) electrons. The number of nitrogens with one attached hydrogen (secondary N) is 2. The fraction of sp³-hybridized carbons (Fsp3) is 0.250. The Kier molecular flexibility index (Phi) is 6.62. The molecule has 1 aromatic heterocycles. The zero-order valence-electron chi connectivity index (χ0n) is 18.2. The summed E-state index contributed by atoms with van der Waals surface area (Å²) in [5.41, 5.74) is 2.64. The third-order valence-electron chi connectivity index (χ3n) is 5.53. The topological polar surface area (TPSA) is 109 Å². The molecular formula is C24H25N3O5S. The van der Waals surface area contributed by atoms with Crippen LogP contribution in [0.3, 0.4) is 0 Å². The largest absolute Gasteiger partial charge is 0.468 e. The minimum atomic E-state index is -3.72. The summed E-state index contributed by atoms with van der Waals surface area (Å²) in [6.45, 7) is 2.87. The van der Waals surface area contributed by atoms with E-state index < -0.39 is 15.9 Å². The number of nitrogens with zero attached hydrogens (tertiary/aromatic N) is 1. The number of likely N-dealkylation sites (tertiary alicyclic amines) is 1. The monoisotopic (exact) mass is 467 g/mol. The van der Waals surface area contributed by atoms with E-state index >= 15 is 0 Å². The molecule has 1 aliphatic heterocycles. The summed E-state index contributed by atoms with van der Waals surface area (Å²) in [5.74, 6) is -0.271. The molecule has 2 amide bonds. The molecule has 2 heterocycles. The van der Waals surface area contributed by atoms with Gasteiger partial charge in [-0.05, 0) is 48.9 Å². The molecule has 3 aromatic rings. The van der Waals surface area contributed by atoms with Gasteiger partial charge in [-0.1, -0.05) is 29.8 Å². The van der Waals surface area contributed by atoms with Crippen LogP contribution >= 0.6 is 0 Å². The van der Waals surface area contributed by atoms with Crippen LogP contribution in [0.15, 0.2) is 76.2 Å². The first-order valence-corrected chi connectivity index (χ1v) is 12.0. The molecule has 1 aliphatic rings. The molecule has 1 unspecified atom stereocenters. The summed E-state index contributed by atoms with van der Waals surface area (Å²) in [6.07, 6.45) is 1.63. The van der Waals surface area contributed by atoms with E-state index in [1.54, 1.807) is 17.0 Å². The van der Waals surface area contributed by atoms with Gasteiger partial charge < -0.3 is 14.6 Å². The Morgan fingerprint density at radius 1 is 1.09 bits per heavy atom. The van der Waals surface area contributed by atoms with Crippen molar-refractivity contribution in [2.24, 2.45) is 5.92 Å². The maximum absolute atomic E-state index is 12.7. The molecule has 0 saturated carbocycles. The van der Waals surface area contributed by atoms with Gasteiger partial charge in [-0.3, -0.25) is 9.59 Å². The Morgan fingerprint density at radius 2 is 1.82 bits per heavy atom. The van der Waals surface area contributed by atoms with Crippen LogP contribution in [0.1, 0.15) is 23.3 Å². The zero-order chi connectivity index (χ0) is 23.4. The Labute approximate surface area is 192 Å². The maximum atomic E-state index is 12.7. The smallest absolute Gasteiger partial charge is 0.240 e. The Bertz CT molecular complexity index is 1220. The first-order valence-electron chi connectivity index (χ1n) is 10.6. The number of amides is 2. The lowest BCUT2D eigenvalue weighted by Crippen LogP contribution is -2.28. The molecule has 172 valence electrons. The van der Waals surface area contributed by atoms with Gasteiger partial charge in [-0.15, -0.1) is 0 Å². The number of anilines is 1. The molecule has 2 aromatic carbocycles. The van der Waals surface area contributed by atoms with E-state index in [9.17, 15) is 18.0 Å². The second kappa shape index (κ2) is 9.60. The highest BCUT2D eigenvalue weighted by Gasteiger charge is 2.34. The quantitative estimate of drug-likeness (QED) is 0.529. The summed E-state index contributed by atoms with van der Waals surface area (Å²) in [5, 5.41) is 2.78. The van der Waals surface area contributed by atoms with E-state index in [1.165, 1.54) is 30.5 Å². The standard InChI is InChI=1S/C24H25N3O5S/c1-17-4-6-18(7-5-17)15-27-16-19(13-23(27)28)24(29)26-20-8-10-22(11-9-20)33(30,31)25-14-21-3-2-12-32-21/h2-12,19,25H,13-16H2,1H3,(H,26,29). The third-order valence-corrected chi connectivity index (χ3v) is 6.95. The van der Waals surface area contributed by atoms with Crippen LogP contribution in [0.5, 0.6) is 0 Å². The van der Waals surface area contributed by atoms with Crippen molar-refractivity contribution in [3.8, 4) is 0 Å². The van der Waals surface area contributed by atoms with E-state index in [0.717, 1.165) is 11.1 Å². The number of aryl methyl sites for hydroxylation is 1. The fourth-order valence-electron chi connectivity index (χ4n) is 3.64. The van der Waals surface area contributed by atoms with Crippen LogP contribution in [0.4, 0.5) is 5.69 Å². The lowest BCUT2D eigenvalue weighted by atomic mass is 10.1. The van der Waals surface area contributed by atoms with Gasteiger partial charge in [0.05, 0.1) is 23.6 Å². The van der Waals surface area contributed by atoms with Gasteiger partial charge in [-0.25, -0.2) is 13.1 Å². The summed E-state index contributed by atoms with van der Waals surface area (Å²) >= 11 is 0. The predicted octanol–water partition coefficient (Wildman–Crippen LogP) is 3.05. The Hall–Kier alpha value is -3.43. The van der Waals surface area contributed by atoms with Crippen molar-refractivity contribution in [2.75, 3.05) is 11.9 Å². The van der Waals surface area contributed by atoms with Crippen LogP contribution in [0.25, 0.3) is 0 Å². The number of carbonyl (C=O) groups excluding carboxylic acids is 2. The van der Waals surface area contributed by atoms with Gasteiger partial charge in [0.2, 0.25) is 21.8 Å². The fourth-order valence-corrected chi connectivity index (χ4v) is 4.63. The maximum Gasteiger partial charge on any atom is 0.240 e. The van der Waals surface area contributed by atoms with E-state index in [2.05, 4.69) is 10.0 Å². The molecule has 1 saturated heterocycles. The van der Waals surface area contributed by atoms with Crippen molar-refractivity contribution in [3.05, 3.63) is 83.8 Å². The van der Waals surface area contributed by atoms with Crippen LogP contribution in [-0.4, -0.2) is 31.7 Å². The molecule has 0 bridgehead atoms. The van der Waals surface area contributed by atoms with Crippen LogP contribution in [-0.2, 0) is 32.7 Å². The molecule has 2 N–H and O–H groups in total. The van der Waals surface area contributed by atoms with Crippen LogP contribution in [0.2, 0.25) is 0 Å². The van der Waals surface area contributed by atoms with Crippen molar-refractivity contribution in [3.63, 3.8) is 0 Å². The molecule has 1 fully saturated rings. The van der Waals surface area contributed by atoms with Crippen molar-refractivity contribution < 1.29 is 22.4 Å². The molecule has 8 nitrogen and oxygen atoms in total. The van der Waals surface area contributed by atoms with Gasteiger partial charge in [-0.2, -0.15) is 0 Å². The van der Waals surface area contributed by atoms with E-state index in [0.29, 0.717) is 24.5 Å². The summed E-state index contributed by atoms with van der Waals surface area (Å²) in [7, 11) is -3.72. The number of carbonyl (C=O) groups is 2. The summed E-state index contributed by atoms with van der Waals surface area (Å²) in [6, 6.07) is 17.2. The highest BCUT2D eigenvalue weighted by atomic mass is 32.2. The minimum absolute atomic E-state index is 0.0443. The van der Waals surface area contributed by atoms with Gasteiger partial charge >= 0.3 is 0 Å². The van der Waals surface area contributed by atoms with E-state index in [1.807, 2.05) is 31.2 Å². The van der Waals surface area contributed by atoms with Gasteiger partial charge in [0.1, 0.15) is 5.76 Å². The Morgan fingerprint density at radius 3 is 2.48 bits per heavy atom. The van der Waals surface area contributed by atoms with Crippen molar-refractivity contribution >= 4 is 27.5 Å². The van der Waals surface area contributed by atoms with Crippen molar-refractivity contribution in [1.29, 1.82) is 0 Å². The molecule has 4 rings (SSSR count). The molecule has 0 spiro atoms. The molecule has 0 aliphatic carbocycles. The number of sulfonamides is 1. The van der Waals surface area contributed by atoms with Crippen LogP contribution in [0, 0.1) is 12.8 Å². The molecule has 9 heteroatoms. The number of hydrogen-bond donors (Lipinski definition) is 2. The van der Waals surface area contributed by atoms with Gasteiger partial charge in [0.25, 0.3) is 0 Å². The Balaban J connectivity index is 1.32. The average molecular weight is 468 g/mol. The number of hydrogen-bond acceptors (Lipinski definition) is 5. The minimum Gasteiger partial charge on any atom is -0.468 e. The normalized spacial score (nSPS) is 16.2. The lowest BCUT2D eigenvalue weighted by Gasteiger charge is -2.17. The highest BCUT2D eigenvalue weighted by Crippen LogP contribution is 2.23. The number of benzene rings is 2. The van der Waals surface area contributed by atoms with Gasteiger partial charge in [0.15, 0.2) is 0 Å². The van der Waals surface area contributed by atoms with E-state index in [4.69, 9.17) is 4.42 Å².